The molecule has 3 nitrogen and oxygen atoms in total. The van der Waals surface area contributed by atoms with Crippen LogP contribution in [0.15, 0.2) is 211 Å². The quantitative estimate of drug-likeness (QED) is 0.173. The summed E-state index contributed by atoms with van der Waals surface area (Å²) in [5, 5.41) is 6.80. The second kappa shape index (κ2) is 12.5. The maximum atomic E-state index is 7.35. The molecule has 0 saturated heterocycles. The predicted octanol–water partition coefficient (Wildman–Crippen LogP) is 14.8. The molecule has 0 saturated carbocycles. The molecule has 12 rings (SSSR count). The molecule has 57 heavy (non-hydrogen) atoms. The van der Waals surface area contributed by atoms with Gasteiger partial charge in [0.15, 0.2) is 0 Å². The Hall–Kier alpha value is -7.62. The van der Waals surface area contributed by atoms with Crippen molar-refractivity contribution >= 4 is 65.6 Å². The molecule has 0 atom stereocenters. The zero-order valence-corrected chi connectivity index (χ0v) is 30.9. The van der Waals surface area contributed by atoms with E-state index in [0.29, 0.717) is 0 Å². The minimum Gasteiger partial charge on any atom is -0.455 e. The summed E-state index contributed by atoms with van der Waals surface area (Å²) in [6.07, 6.45) is 0. The Morgan fingerprint density at radius 1 is 0.263 bits per heavy atom. The molecule has 3 heterocycles. The van der Waals surface area contributed by atoms with Crippen molar-refractivity contribution < 1.29 is 4.42 Å². The monoisotopic (exact) mass is 726 g/mol. The first kappa shape index (κ1) is 31.7. The van der Waals surface area contributed by atoms with E-state index in [4.69, 9.17) is 4.42 Å². The van der Waals surface area contributed by atoms with E-state index in [1.807, 2.05) is 0 Å². The molecule has 0 bridgehead atoms. The highest BCUT2D eigenvalue weighted by atomic mass is 16.3. The molecular formula is C54H34N2O. The molecule has 0 spiro atoms. The first-order valence-electron chi connectivity index (χ1n) is 19.5. The van der Waals surface area contributed by atoms with E-state index < -0.39 is 0 Å². The van der Waals surface area contributed by atoms with Gasteiger partial charge in [-0.3, -0.25) is 0 Å². The van der Waals surface area contributed by atoms with E-state index in [9.17, 15) is 0 Å². The fraction of sp³-hybridized carbons (Fsp3) is 0. The average molecular weight is 727 g/mol. The van der Waals surface area contributed by atoms with E-state index in [2.05, 4.69) is 215 Å². The lowest BCUT2D eigenvalue weighted by Crippen LogP contribution is -1.94. The van der Waals surface area contributed by atoms with Crippen LogP contribution in [0.1, 0.15) is 0 Å². The fourth-order valence-electron chi connectivity index (χ4n) is 9.11. The highest BCUT2D eigenvalue weighted by Gasteiger charge is 2.23. The SMILES string of the molecule is c1ccc(-c2cccc(-n3c4ccc(-c5ccccc5)cc4c4c5oc6c(ccc7c6c6cc(-c8ccccc8)ccc6n7-c6ccccc6)c5ccc43)c2)cc1. The lowest BCUT2D eigenvalue weighted by atomic mass is 10.0. The Labute approximate surface area is 328 Å². The van der Waals surface area contributed by atoms with Crippen LogP contribution in [-0.2, 0) is 0 Å². The average Bonchev–Trinajstić information content (AvgIpc) is 3.94. The number of nitrogens with zero attached hydrogens (tertiary/aromatic N) is 2. The summed E-state index contributed by atoms with van der Waals surface area (Å²) in [6, 6.07) is 74.2. The van der Waals surface area contributed by atoms with Gasteiger partial charge in [0.1, 0.15) is 11.2 Å². The molecule has 3 aromatic heterocycles. The van der Waals surface area contributed by atoms with E-state index in [-0.39, 0.29) is 0 Å². The Balaban J connectivity index is 1.19. The molecule has 3 heteroatoms. The molecule has 0 aliphatic heterocycles. The van der Waals surface area contributed by atoms with Gasteiger partial charge in [0, 0.05) is 32.9 Å². The lowest BCUT2D eigenvalue weighted by molar-refractivity contribution is 0.677. The van der Waals surface area contributed by atoms with Gasteiger partial charge >= 0.3 is 0 Å². The van der Waals surface area contributed by atoms with E-state index in [0.717, 1.165) is 71.5 Å². The summed E-state index contributed by atoms with van der Waals surface area (Å²) in [6.45, 7) is 0. The molecule has 266 valence electrons. The second-order valence-electron chi connectivity index (χ2n) is 14.9. The summed E-state index contributed by atoms with van der Waals surface area (Å²) in [7, 11) is 0. The van der Waals surface area contributed by atoms with Crippen molar-refractivity contribution in [2.24, 2.45) is 0 Å². The molecule has 0 aliphatic carbocycles. The van der Waals surface area contributed by atoms with Crippen LogP contribution in [0, 0.1) is 0 Å². The van der Waals surface area contributed by atoms with Gasteiger partial charge in [-0.05, 0) is 106 Å². The third-order valence-corrected chi connectivity index (χ3v) is 11.7. The number of hydrogen-bond acceptors (Lipinski definition) is 1. The number of benzene rings is 9. The van der Waals surface area contributed by atoms with Crippen LogP contribution in [-0.4, -0.2) is 9.13 Å². The van der Waals surface area contributed by atoms with Crippen LogP contribution >= 0.6 is 0 Å². The molecular weight excluding hydrogens is 693 g/mol. The number of aromatic nitrogens is 2. The van der Waals surface area contributed by atoms with Gasteiger partial charge < -0.3 is 13.6 Å². The summed E-state index contributed by atoms with van der Waals surface area (Å²) < 4.78 is 12.1. The van der Waals surface area contributed by atoms with Gasteiger partial charge in [0.05, 0.1) is 32.8 Å². The predicted molar refractivity (Wildman–Crippen MR) is 239 cm³/mol. The molecule has 0 amide bonds. The number of hydrogen-bond donors (Lipinski definition) is 0. The summed E-state index contributed by atoms with van der Waals surface area (Å²) >= 11 is 0. The zero-order valence-electron chi connectivity index (χ0n) is 30.9. The summed E-state index contributed by atoms with van der Waals surface area (Å²) in [4.78, 5) is 0. The third-order valence-electron chi connectivity index (χ3n) is 11.7. The molecule has 0 fully saturated rings. The Bertz CT molecular complexity index is 3480. The van der Waals surface area contributed by atoms with Crippen LogP contribution in [0.4, 0.5) is 0 Å². The van der Waals surface area contributed by atoms with Crippen molar-refractivity contribution in [2.75, 3.05) is 0 Å². The van der Waals surface area contributed by atoms with Crippen LogP contribution in [0.2, 0.25) is 0 Å². The largest absolute Gasteiger partial charge is 0.455 e. The number of fused-ring (bicyclic) bond motifs is 11. The van der Waals surface area contributed by atoms with Crippen molar-refractivity contribution in [1.29, 1.82) is 0 Å². The minimum atomic E-state index is 0.906. The zero-order chi connectivity index (χ0) is 37.5. The van der Waals surface area contributed by atoms with Crippen molar-refractivity contribution in [3.63, 3.8) is 0 Å². The van der Waals surface area contributed by atoms with Crippen molar-refractivity contribution in [2.45, 2.75) is 0 Å². The van der Waals surface area contributed by atoms with Crippen molar-refractivity contribution in [3.05, 3.63) is 206 Å². The first-order chi connectivity index (χ1) is 28.3. The van der Waals surface area contributed by atoms with Gasteiger partial charge in [-0.15, -0.1) is 0 Å². The van der Waals surface area contributed by atoms with Crippen LogP contribution in [0.5, 0.6) is 0 Å². The van der Waals surface area contributed by atoms with Gasteiger partial charge in [-0.1, -0.05) is 133 Å². The van der Waals surface area contributed by atoms with Crippen molar-refractivity contribution in [1.82, 2.24) is 9.13 Å². The Morgan fingerprint density at radius 2 is 0.649 bits per heavy atom. The second-order valence-corrected chi connectivity index (χ2v) is 14.9. The lowest BCUT2D eigenvalue weighted by Gasteiger charge is -2.11. The topological polar surface area (TPSA) is 23.0 Å². The van der Waals surface area contributed by atoms with Gasteiger partial charge in [-0.2, -0.15) is 0 Å². The smallest absolute Gasteiger partial charge is 0.145 e. The van der Waals surface area contributed by atoms with Crippen LogP contribution in [0.3, 0.4) is 0 Å². The number of furan rings is 1. The van der Waals surface area contributed by atoms with Gasteiger partial charge in [0.2, 0.25) is 0 Å². The summed E-state index contributed by atoms with van der Waals surface area (Å²) in [5.74, 6) is 0. The number of para-hydroxylation sites is 1. The first-order valence-corrected chi connectivity index (χ1v) is 19.5. The molecule has 0 aliphatic rings. The Kier molecular flexibility index (Phi) is 6.93. The summed E-state index contributed by atoms with van der Waals surface area (Å²) in [5.41, 5.74) is 15.7. The van der Waals surface area contributed by atoms with E-state index >= 15 is 0 Å². The van der Waals surface area contributed by atoms with Crippen molar-refractivity contribution in [3.8, 4) is 44.8 Å². The maximum absolute atomic E-state index is 7.35. The Morgan fingerprint density at radius 3 is 1.14 bits per heavy atom. The molecule has 0 radical (unpaired) electrons. The molecule has 12 aromatic rings. The fourth-order valence-corrected chi connectivity index (χ4v) is 9.11. The highest BCUT2D eigenvalue weighted by Crippen LogP contribution is 2.46. The molecule has 0 unspecified atom stereocenters. The van der Waals surface area contributed by atoms with E-state index in [1.165, 1.54) is 38.8 Å². The van der Waals surface area contributed by atoms with E-state index in [1.54, 1.807) is 0 Å². The standard InChI is InChI=1S/C54H34N2O/c1-5-14-35(15-6-1)38-20-13-23-42(32-38)56-48-29-25-40(37-18-9-3-10-19-37)34-46(48)52-50(56)31-27-44-43-26-30-49-51(53(43)57-54(44)52)45-33-39(36-16-7-2-8-17-36)24-28-47(45)55(49)41-21-11-4-12-22-41/h1-34H. The van der Waals surface area contributed by atoms with Crippen LogP contribution in [0.25, 0.3) is 110 Å². The molecule has 0 N–H and O–H groups in total. The normalized spacial score (nSPS) is 11.9. The third kappa shape index (κ3) is 4.86. The minimum absolute atomic E-state index is 0.906. The van der Waals surface area contributed by atoms with Crippen LogP contribution < -0.4 is 0 Å². The maximum Gasteiger partial charge on any atom is 0.145 e. The highest BCUT2D eigenvalue weighted by molar-refractivity contribution is 6.29. The van der Waals surface area contributed by atoms with Gasteiger partial charge in [-0.25, -0.2) is 0 Å². The number of rotatable bonds is 5. The molecule has 9 aromatic carbocycles. The van der Waals surface area contributed by atoms with Gasteiger partial charge in [0.25, 0.3) is 0 Å².